The minimum absolute atomic E-state index is 0.0240. The van der Waals surface area contributed by atoms with Crippen molar-refractivity contribution in [3.05, 3.63) is 47.7 Å². The summed E-state index contributed by atoms with van der Waals surface area (Å²) in [6.45, 7) is 10.4. The molecule has 0 bridgehead atoms. The van der Waals surface area contributed by atoms with Gasteiger partial charge in [0.25, 0.3) is 5.91 Å². The van der Waals surface area contributed by atoms with E-state index in [1.165, 1.54) is 6.92 Å². The molecule has 1 heterocycles. The lowest BCUT2D eigenvalue weighted by Gasteiger charge is -2.15. The third-order valence-corrected chi connectivity index (χ3v) is 3.71. The van der Waals surface area contributed by atoms with E-state index in [4.69, 9.17) is 9.47 Å². The molecule has 1 aromatic carbocycles. The predicted octanol–water partition coefficient (Wildman–Crippen LogP) is 3.79. The molecule has 0 saturated heterocycles. The van der Waals surface area contributed by atoms with E-state index in [2.05, 4.69) is 29.5 Å². The Morgan fingerprint density at radius 3 is 2.38 bits per heavy atom. The van der Waals surface area contributed by atoms with Gasteiger partial charge in [-0.2, -0.15) is 0 Å². The van der Waals surface area contributed by atoms with Crippen LogP contribution in [0.1, 0.15) is 50.5 Å². The summed E-state index contributed by atoms with van der Waals surface area (Å²) in [5, 5.41) is 5.48. The molecule has 0 aliphatic carbocycles. The van der Waals surface area contributed by atoms with Crippen molar-refractivity contribution in [3.8, 4) is 11.5 Å². The first-order valence-corrected chi connectivity index (χ1v) is 9.68. The van der Waals surface area contributed by atoms with Crippen LogP contribution in [0.15, 0.2) is 36.5 Å². The van der Waals surface area contributed by atoms with Crippen molar-refractivity contribution >= 4 is 17.6 Å². The van der Waals surface area contributed by atoms with Gasteiger partial charge >= 0.3 is 0 Å². The van der Waals surface area contributed by atoms with Crippen LogP contribution in [0.3, 0.4) is 0 Å². The largest absolute Gasteiger partial charge is 0.493 e. The number of rotatable bonds is 9. The summed E-state index contributed by atoms with van der Waals surface area (Å²) in [6, 6.07) is 8.65. The average molecular weight is 399 g/mol. The zero-order valence-corrected chi connectivity index (χ0v) is 17.6. The fraction of sp³-hybridized carbons (Fsp3) is 0.409. The quantitative estimate of drug-likeness (QED) is 0.670. The van der Waals surface area contributed by atoms with Gasteiger partial charge in [-0.3, -0.25) is 9.59 Å². The third-order valence-electron chi connectivity index (χ3n) is 3.71. The Bertz CT molecular complexity index is 832. The van der Waals surface area contributed by atoms with E-state index in [1.807, 2.05) is 13.8 Å². The highest BCUT2D eigenvalue weighted by molar-refractivity contribution is 6.04. The smallest absolute Gasteiger partial charge is 0.257 e. The summed E-state index contributed by atoms with van der Waals surface area (Å²) in [4.78, 5) is 27.9. The normalized spacial score (nSPS) is 10.7. The molecule has 2 aromatic rings. The molecule has 7 heteroatoms. The number of aromatic nitrogens is 1. The van der Waals surface area contributed by atoms with Crippen LogP contribution in [0.25, 0.3) is 0 Å². The van der Waals surface area contributed by atoms with E-state index in [0.29, 0.717) is 41.9 Å². The van der Waals surface area contributed by atoms with Gasteiger partial charge in [-0.05, 0) is 43.5 Å². The minimum atomic E-state index is -0.310. The number of amides is 2. The average Bonchev–Trinajstić information content (AvgIpc) is 2.65. The summed E-state index contributed by atoms with van der Waals surface area (Å²) >= 11 is 0. The van der Waals surface area contributed by atoms with Crippen molar-refractivity contribution in [1.29, 1.82) is 0 Å². The van der Waals surface area contributed by atoms with Crippen LogP contribution in [-0.4, -0.2) is 29.5 Å². The number of nitrogens with zero attached hydrogens (tertiary/aromatic N) is 1. The number of carbonyl (C=O) groups excluding carboxylic acids is 2. The molecule has 29 heavy (non-hydrogen) atoms. The highest BCUT2D eigenvalue weighted by Gasteiger charge is 2.13. The Kier molecular flexibility index (Phi) is 8.00. The lowest BCUT2D eigenvalue weighted by atomic mass is 10.1. The molecule has 0 fully saturated rings. The molecule has 2 N–H and O–H groups in total. The van der Waals surface area contributed by atoms with Gasteiger partial charge in [0.15, 0.2) is 0 Å². The topological polar surface area (TPSA) is 89.6 Å². The van der Waals surface area contributed by atoms with Gasteiger partial charge in [-0.1, -0.05) is 19.9 Å². The molecule has 0 radical (unpaired) electrons. The van der Waals surface area contributed by atoms with Crippen LogP contribution in [-0.2, 0) is 11.3 Å². The molecule has 0 aliphatic rings. The van der Waals surface area contributed by atoms with Crippen molar-refractivity contribution in [2.45, 2.75) is 47.3 Å². The predicted molar refractivity (Wildman–Crippen MR) is 112 cm³/mol. The molecule has 2 rings (SSSR count). The fourth-order valence-corrected chi connectivity index (χ4v) is 2.41. The Hall–Kier alpha value is -3.09. The number of nitrogens with one attached hydrogen (secondary N) is 2. The number of pyridine rings is 1. The first-order chi connectivity index (χ1) is 13.7. The molecule has 2 amide bonds. The third kappa shape index (κ3) is 7.81. The van der Waals surface area contributed by atoms with E-state index < -0.39 is 0 Å². The number of hydrogen-bond acceptors (Lipinski definition) is 5. The van der Waals surface area contributed by atoms with Gasteiger partial charge in [0, 0.05) is 31.3 Å². The molecule has 0 saturated carbocycles. The second-order valence-electron chi connectivity index (χ2n) is 7.48. The maximum absolute atomic E-state index is 12.7. The van der Waals surface area contributed by atoms with E-state index in [-0.39, 0.29) is 17.9 Å². The maximum atomic E-state index is 12.7. The zero-order valence-electron chi connectivity index (χ0n) is 17.6. The lowest BCUT2D eigenvalue weighted by molar-refractivity contribution is -0.119. The molecule has 7 nitrogen and oxygen atoms in total. The number of ether oxygens (including phenoxy) is 2. The van der Waals surface area contributed by atoms with Crippen LogP contribution < -0.4 is 20.1 Å². The van der Waals surface area contributed by atoms with Crippen LogP contribution in [0.4, 0.5) is 5.82 Å². The van der Waals surface area contributed by atoms with Gasteiger partial charge < -0.3 is 20.1 Å². The van der Waals surface area contributed by atoms with Crippen molar-refractivity contribution in [2.75, 3.05) is 11.9 Å². The van der Waals surface area contributed by atoms with Crippen LogP contribution in [0.5, 0.6) is 11.5 Å². The van der Waals surface area contributed by atoms with Gasteiger partial charge in [0.05, 0.1) is 12.7 Å². The van der Waals surface area contributed by atoms with Crippen molar-refractivity contribution in [2.24, 2.45) is 5.92 Å². The van der Waals surface area contributed by atoms with Gasteiger partial charge in [0.1, 0.15) is 17.3 Å². The first kappa shape index (κ1) is 22.2. The fourth-order valence-electron chi connectivity index (χ4n) is 2.41. The Morgan fingerprint density at radius 1 is 1.07 bits per heavy atom. The first-order valence-electron chi connectivity index (χ1n) is 9.68. The van der Waals surface area contributed by atoms with E-state index in [9.17, 15) is 9.59 Å². The number of anilines is 1. The van der Waals surface area contributed by atoms with Crippen LogP contribution in [0, 0.1) is 5.92 Å². The van der Waals surface area contributed by atoms with E-state index in [1.54, 1.807) is 36.5 Å². The standard InChI is InChI=1S/C22H29N3O4/c1-14(2)13-28-19-8-18(9-20(10-19)29-15(3)4)22(27)25-21-7-6-17(12-24-21)11-23-16(5)26/h6-10,12,14-15H,11,13H2,1-5H3,(H,23,26)(H,24,25,27). The molecule has 0 atom stereocenters. The summed E-state index contributed by atoms with van der Waals surface area (Å²) in [5.74, 6) is 1.52. The summed E-state index contributed by atoms with van der Waals surface area (Å²) in [7, 11) is 0. The van der Waals surface area contributed by atoms with Gasteiger partial charge in [-0.25, -0.2) is 4.98 Å². The van der Waals surface area contributed by atoms with Gasteiger partial charge in [-0.15, -0.1) is 0 Å². The molecular formula is C22H29N3O4. The monoisotopic (exact) mass is 399 g/mol. The second kappa shape index (κ2) is 10.5. The zero-order chi connectivity index (χ0) is 21.4. The SMILES string of the molecule is CC(=O)NCc1ccc(NC(=O)c2cc(OCC(C)C)cc(OC(C)C)c2)nc1. The van der Waals surface area contributed by atoms with E-state index >= 15 is 0 Å². The van der Waals surface area contributed by atoms with Gasteiger partial charge in [0.2, 0.25) is 5.91 Å². The second-order valence-corrected chi connectivity index (χ2v) is 7.48. The summed E-state index contributed by atoms with van der Waals surface area (Å²) < 4.78 is 11.5. The highest BCUT2D eigenvalue weighted by Crippen LogP contribution is 2.25. The Labute approximate surface area is 171 Å². The highest BCUT2D eigenvalue weighted by atomic mass is 16.5. The lowest BCUT2D eigenvalue weighted by Crippen LogP contribution is -2.19. The van der Waals surface area contributed by atoms with Crippen LogP contribution >= 0.6 is 0 Å². The van der Waals surface area contributed by atoms with Crippen molar-refractivity contribution in [3.63, 3.8) is 0 Å². The Morgan fingerprint density at radius 2 is 1.79 bits per heavy atom. The molecule has 0 unspecified atom stereocenters. The van der Waals surface area contributed by atoms with Crippen molar-refractivity contribution in [1.82, 2.24) is 10.3 Å². The number of carbonyl (C=O) groups is 2. The number of hydrogen-bond donors (Lipinski definition) is 2. The molecule has 0 aliphatic heterocycles. The van der Waals surface area contributed by atoms with E-state index in [0.717, 1.165) is 5.56 Å². The number of benzene rings is 1. The summed E-state index contributed by atoms with van der Waals surface area (Å²) in [6.07, 6.45) is 1.59. The van der Waals surface area contributed by atoms with Crippen LogP contribution in [0.2, 0.25) is 0 Å². The Balaban J connectivity index is 2.13. The maximum Gasteiger partial charge on any atom is 0.257 e. The van der Waals surface area contributed by atoms with Crippen molar-refractivity contribution < 1.29 is 19.1 Å². The molecule has 1 aromatic heterocycles. The molecule has 156 valence electrons. The minimum Gasteiger partial charge on any atom is -0.493 e. The molecular weight excluding hydrogens is 370 g/mol. The summed E-state index contributed by atoms with van der Waals surface area (Å²) in [5.41, 5.74) is 1.26. The molecule has 0 spiro atoms.